The molecule has 0 aliphatic heterocycles. The van der Waals surface area contributed by atoms with E-state index in [1.165, 1.54) is 0 Å². The van der Waals surface area contributed by atoms with Crippen LogP contribution in [0.1, 0.15) is 24.1 Å². The molecule has 0 amide bonds. The van der Waals surface area contributed by atoms with E-state index in [9.17, 15) is 5.11 Å². The lowest BCUT2D eigenvalue weighted by Crippen LogP contribution is -2.23. The first-order valence-corrected chi connectivity index (χ1v) is 4.12. The SMILES string of the molecule is Cc1ccccc1[C@@H](N)[C@H](C)O.Cl. The number of hydrogen-bond acceptors (Lipinski definition) is 2. The summed E-state index contributed by atoms with van der Waals surface area (Å²) in [6.07, 6.45) is -0.494. The van der Waals surface area contributed by atoms with Crippen LogP contribution in [0.25, 0.3) is 0 Å². The van der Waals surface area contributed by atoms with Gasteiger partial charge in [-0.25, -0.2) is 0 Å². The summed E-state index contributed by atoms with van der Waals surface area (Å²) in [5.41, 5.74) is 7.94. The summed E-state index contributed by atoms with van der Waals surface area (Å²) >= 11 is 0. The van der Waals surface area contributed by atoms with Gasteiger partial charge in [0.2, 0.25) is 0 Å². The van der Waals surface area contributed by atoms with Gasteiger partial charge in [-0.15, -0.1) is 12.4 Å². The van der Waals surface area contributed by atoms with E-state index in [1.807, 2.05) is 31.2 Å². The highest BCUT2D eigenvalue weighted by Crippen LogP contribution is 2.17. The first kappa shape index (κ1) is 12.4. The van der Waals surface area contributed by atoms with Crippen LogP contribution in [0.4, 0.5) is 0 Å². The van der Waals surface area contributed by atoms with Gasteiger partial charge >= 0.3 is 0 Å². The van der Waals surface area contributed by atoms with Crippen molar-refractivity contribution >= 4 is 12.4 Å². The number of nitrogens with two attached hydrogens (primary N) is 1. The molecule has 1 rings (SSSR count). The van der Waals surface area contributed by atoms with Crippen LogP contribution in [-0.4, -0.2) is 11.2 Å². The van der Waals surface area contributed by atoms with Crippen molar-refractivity contribution in [3.05, 3.63) is 35.4 Å². The summed E-state index contributed by atoms with van der Waals surface area (Å²) in [4.78, 5) is 0. The average Bonchev–Trinajstić information content (AvgIpc) is 2.04. The second-order valence-electron chi connectivity index (χ2n) is 3.12. The molecule has 3 heteroatoms. The van der Waals surface area contributed by atoms with Crippen molar-refractivity contribution in [1.29, 1.82) is 0 Å². The molecule has 0 saturated heterocycles. The lowest BCUT2D eigenvalue weighted by Gasteiger charge is -2.16. The maximum Gasteiger partial charge on any atom is 0.0704 e. The zero-order valence-corrected chi connectivity index (χ0v) is 8.71. The van der Waals surface area contributed by atoms with Crippen LogP contribution in [0.5, 0.6) is 0 Å². The van der Waals surface area contributed by atoms with Gasteiger partial charge in [-0.05, 0) is 25.0 Å². The van der Waals surface area contributed by atoms with E-state index >= 15 is 0 Å². The average molecular weight is 202 g/mol. The first-order chi connectivity index (χ1) is 5.63. The Morgan fingerprint density at radius 3 is 2.31 bits per heavy atom. The largest absolute Gasteiger partial charge is 0.391 e. The normalized spacial score (nSPS) is 14.5. The van der Waals surface area contributed by atoms with Crippen molar-refractivity contribution in [1.82, 2.24) is 0 Å². The van der Waals surface area contributed by atoms with E-state index in [1.54, 1.807) is 6.92 Å². The molecule has 74 valence electrons. The Morgan fingerprint density at radius 1 is 1.31 bits per heavy atom. The molecule has 0 aliphatic rings. The molecule has 0 heterocycles. The van der Waals surface area contributed by atoms with Crippen molar-refractivity contribution < 1.29 is 5.11 Å². The van der Waals surface area contributed by atoms with Gasteiger partial charge in [-0.1, -0.05) is 24.3 Å². The van der Waals surface area contributed by atoms with E-state index < -0.39 is 6.10 Å². The van der Waals surface area contributed by atoms with Gasteiger partial charge in [0.1, 0.15) is 0 Å². The lowest BCUT2D eigenvalue weighted by atomic mass is 9.99. The number of halogens is 1. The minimum atomic E-state index is -0.494. The number of aliphatic hydroxyl groups excluding tert-OH is 1. The van der Waals surface area contributed by atoms with E-state index in [4.69, 9.17) is 5.73 Å². The Labute approximate surface area is 85.2 Å². The fraction of sp³-hybridized carbons (Fsp3) is 0.400. The third kappa shape index (κ3) is 2.99. The second-order valence-corrected chi connectivity index (χ2v) is 3.12. The van der Waals surface area contributed by atoms with Gasteiger partial charge in [0.05, 0.1) is 12.1 Å². The molecule has 13 heavy (non-hydrogen) atoms. The van der Waals surface area contributed by atoms with E-state index in [0.717, 1.165) is 11.1 Å². The molecule has 0 saturated carbocycles. The Balaban J connectivity index is 0.00000144. The molecule has 1 aromatic rings. The van der Waals surface area contributed by atoms with Crippen molar-refractivity contribution in [2.24, 2.45) is 5.73 Å². The van der Waals surface area contributed by atoms with Gasteiger partial charge in [0, 0.05) is 0 Å². The molecule has 2 nitrogen and oxygen atoms in total. The fourth-order valence-electron chi connectivity index (χ4n) is 1.22. The molecule has 0 spiro atoms. The van der Waals surface area contributed by atoms with Crippen LogP contribution < -0.4 is 5.73 Å². The molecule has 0 aromatic heterocycles. The third-order valence-electron chi connectivity index (χ3n) is 2.07. The summed E-state index contributed by atoms with van der Waals surface area (Å²) in [6, 6.07) is 7.58. The van der Waals surface area contributed by atoms with Gasteiger partial charge in [0.15, 0.2) is 0 Å². The number of benzene rings is 1. The van der Waals surface area contributed by atoms with E-state index in [2.05, 4.69) is 0 Å². The molecule has 0 bridgehead atoms. The molecule has 0 fully saturated rings. The van der Waals surface area contributed by atoms with E-state index in [-0.39, 0.29) is 18.4 Å². The standard InChI is InChI=1S/C10H15NO.ClH/c1-7-5-3-4-6-9(7)10(11)8(2)12;/h3-6,8,10,12H,11H2,1-2H3;1H/t8-,10-;/m0./s1. The summed E-state index contributed by atoms with van der Waals surface area (Å²) in [6.45, 7) is 3.70. The van der Waals surface area contributed by atoms with Crippen molar-refractivity contribution in [2.75, 3.05) is 0 Å². The minimum Gasteiger partial charge on any atom is -0.391 e. The monoisotopic (exact) mass is 201 g/mol. The van der Waals surface area contributed by atoms with Gasteiger partial charge in [-0.3, -0.25) is 0 Å². The number of aliphatic hydroxyl groups is 1. The molecule has 0 unspecified atom stereocenters. The van der Waals surface area contributed by atoms with Crippen LogP contribution in [0.2, 0.25) is 0 Å². The third-order valence-corrected chi connectivity index (χ3v) is 2.07. The number of rotatable bonds is 2. The van der Waals surface area contributed by atoms with Crippen LogP contribution in [-0.2, 0) is 0 Å². The van der Waals surface area contributed by atoms with E-state index in [0.29, 0.717) is 0 Å². The highest BCUT2D eigenvalue weighted by atomic mass is 35.5. The second kappa shape index (κ2) is 5.22. The van der Waals surface area contributed by atoms with Crippen LogP contribution in [0.3, 0.4) is 0 Å². The maximum atomic E-state index is 9.27. The number of aryl methyl sites for hydroxylation is 1. The summed E-state index contributed by atoms with van der Waals surface area (Å²) in [7, 11) is 0. The Morgan fingerprint density at radius 2 is 1.85 bits per heavy atom. The fourth-order valence-corrected chi connectivity index (χ4v) is 1.22. The molecule has 1 aromatic carbocycles. The molecular weight excluding hydrogens is 186 g/mol. The van der Waals surface area contributed by atoms with Crippen molar-refractivity contribution in [3.8, 4) is 0 Å². The molecule has 0 aliphatic carbocycles. The Kier molecular flexibility index (Phi) is 4.99. The summed E-state index contributed by atoms with van der Waals surface area (Å²) in [5.74, 6) is 0. The van der Waals surface area contributed by atoms with Crippen LogP contribution >= 0.6 is 12.4 Å². The lowest BCUT2D eigenvalue weighted by molar-refractivity contribution is 0.164. The minimum absolute atomic E-state index is 0. The van der Waals surface area contributed by atoms with Gasteiger partial charge < -0.3 is 10.8 Å². The molecule has 3 N–H and O–H groups in total. The van der Waals surface area contributed by atoms with Gasteiger partial charge in [-0.2, -0.15) is 0 Å². The van der Waals surface area contributed by atoms with Crippen molar-refractivity contribution in [3.63, 3.8) is 0 Å². The molecule has 0 radical (unpaired) electrons. The number of hydrogen-bond donors (Lipinski definition) is 2. The zero-order chi connectivity index (χ0) is 9.14. The molecule has 2 atom stereocenters. The predicted octanol–water partition coefficient (Wildman–Crippen LogP) is 1.80. The Bertz CT molecular complexity index is 263. The van der Waals surface area contributed by atoms with Crippen molar-refractivity contribution in [2.45, 2.75) is 26.0 Å². The quantitative estimate of drug-likeness (QED) is 0.767. The zero-order valence-electron chi connectivity index (χ0n) is 7.90. The van der Waals surface area contributed by atoms with Crippen LogP contribution in [0, 0.1) is 6.92 Å². The van der Waals surface area contributed by atoms with Crippen LogP contribution in [0.15, 0.2) is 24.3 Å². The maximum absolute atomic E-state index is 9.27. The highest BCUT2D eigenvalue weighted by Gasteiger charge is 2.12. The summed E-state index contributed by atoms with van der Waals surface area (Å²) in [5, 5.41) is 9.27. The Hall–Kier alpha value is -0.570. The molecular formula is C10H16ClNO. The first-order valence-electron chi connectivity index (χ1n) is 4.12. The smallest absolute Gasteiger partial charge is 0.0704 e. The summed E-state index contributed by atoms with van der Waals surface area (Å²) < 4.78 is 0. The predicted molar refractivity (Wildman–Crippen MR) is 57.0 cm³/mol. The topological polar surface area (TPSA) is 46.2 Å². The van der Waals surface area contributed by atoms with Gasteiger partial charge in [0.25, 0.3) is 0 Å². The highest BCUT2D eigenvalue weighted by molar-refractivity contribution is 5.85.